The molecule has 1 aliphatic carbocycles. The van der Waals surface area contributed by atoms with Gasteiger partial charge in [-0.3, -0.25) is 4.79 Å². The van der Waals surface area contributed by atoms with Crippen LogP contribution in [0.15, 0.2) is 42.5 Å². The third kappa shape index (κ3) is 2.24. The summed E-state index contributed by atoms with van der Waals surface area (Å²) in [4.78, 5) is 11.1. The monoisotopic (exact) mass is 272 g/mol. The first-order chi connectivity index (χ1) is 9.51. The lowest BCUT2D eigenvalue weighted by atomic mass is 9.97. The van der Waals surface area contributed by atoms with Crippen LogP contribution in [-0.4, -0.2) is 12.2 Å². The molecule has 1 nitrogen and oxygen atoms in total. The standard InChI is InChI=1S/C17H14F2O/c1-11-2-3-14(10-20)15(8-11)12-4-6-13(7-5-12)16-9-17(16,18)19/h2-8,10,16H,9H2,1H3. The number of benzene rings is 2. The molecule has 2 aromatic carbocycles. The predicted molar refractivity (Wildman–Crippen MR) is 74.3 cm³/mol. The average Bonchev–Trinajstić information content (AvgIpc) is 3.08. The molecule has 0 N–H and O–H groups in total. The van der Waals surface area contributed by atoms with Gasteiger partial charge in [0.05, 0.1) is 5.92 Å². The SMILES string of the molecule is Cc1ccc(C=O)c(-c2ccc(C3CC3(F)F)cc2)c1. The summed E-state index contributed by atoms with van der Waals surface area (Å²) in [6, 6.07) is 12.7. The van der Waals surface area contributed by atoms with E-state index >= 15 is 0 Å². The van der Waals surface area contributed by atoms with Crippen molar-refractivity contribution in [3.63, 3.8) is 0 Å². The van der Waals surface area contributed by atoms with Gasteiger partial charge < -0.3 is 0 Å². The Hall–Kier alpha value is -2.03. The van der Waals surface area contributed by atoms with Gasteiger partial charge in [0.25, 0.3) is 5.92 Å². The van der Waals surface area contributed by atoms with Gasteiger partial charge in [-0.1, -0.05) is 48.0 Å². The van der Waals surface area contributed by atoms with Gasteiger partial charge in [0, 0.05) is 12.0 Å². The summed E-state index contributed by atoms with van der Waals surface area (Å²) in [6.45, 7) is 1.96. The zero-order valence-corrected chi connectivity index (χ0v) is 11.1. The molecular weight excluding hydrogens is 258 g/mol. The van der Waals surface area contributed by atoms with Crippen molar-refractivity contribution in [3.8, 4) is 11.1 Å². The topological polar surface area (TPSA) is 17.1 Å². The van der Waals surface area contributed by atoms with Gasteiger partial charge >= 0.3 is 0 Å². The van der Waals surface area contributed by atoms with E-state index in [-0.39, 0.29) is 6.42 Å². The number of aryl methyl sites for hydroxylation is 1. The second kappa shape index (κ2) is 4.51. The van der Waals surface area contributed by atoms with Crippen LogP contribution in [0.5, 0.6) is 0 Å². The van der Waals surface area contributed by atoms with E-state index in [1.54, 1.807) is 18.2 Å². The van der Waals surface area contributed by atoms with Gasteiger partial charge in [0.2, 0.25) is 0 Å². The van der Waals surface area contributed by atoms with Crippen molar-refractivity contribution < 1.29 is 13.6 Å². The lowest BCUT2D eigenvalue weighted by molar-refractivity contribution is 0.111. The van der Waals surface area contributed by atoms with Crippen LogP contribution in [0.2, 0.25) is 0 Å². The summed E-state index contributed by atoms with van der Waals surface area (Å²) in [5.74, 6) is -3.18. The lowest BCUT2D eigenvalue weighted by Gasteiger charge is -2.08. The van der Waals surface area contributed by atoms with Crippen molar-refractivity contribution in [2.75, 3.05) is 0 Å². The quantitative estimate of drug-likeness (QED) is 0.746. The van der Waals surface area contributed by atoms with Crippen molar-refractivity contribution in [2.24, 2.45) is 0 Å². The molecule has 0 aliphatic heterocycles. The van der Waals surface area contributed by atoms with E-state index in [1.165, 1.54) is 0 Å². The Balaban J connectivity index is 1.95. The van der Waals surface area contributed by atoms with E-state index < -0.39 is 11.8 Å². The first-order valence-corrected chi connectivity index (χ1v) is 6.55. The molecule has 0 aromatic heterocycles. The molecule has 20 heavy (non-hydrogen) atoms. The number of hydrogen-bond donors (Lipinski definition) is 0. The van der Waals surface area contributed by atoms with Crippen LogP contribution in [0, 0.1) is 6.92 Å². The molecule has 1 unspecified atom stereocenters. The molecule has 1 aliphatic rings. The first-order valence-electron chi connectivity index (χ1n) is 6.55. The second-order valence-corrected chi connectivity index (χ2v) is 5.35. The highest BCUT2D eigenvalue weighted by atomic mass is 19.3. The van der Waals surface area contributed by atoms with Crippen LogP contribution in [0.1, 0.15) is 33.8 Å². The Morgan fingerprint density at radius 1 is 1.15 bits per heavy atom. The summed E-state index contributed by atoms with van der Waals surface area (Å²) < 4.78 is 26.1. The molecule has 3 heteroatoms. The third-order valence-electron chi connectivity index (χ3n) is 3.79. The van der Waals surface area contributed by atoms with E-state index in [9.17, 15) is 13.6 Å². The van der Waals surface area contributed by atoms with Crippen LogP contribution in [0.4, 0.5) is 8.78 Å². The number of halogens is 2. The van der Waals surface area contributed by atoms with Crippen molar-refractivity contribution in [1.29, 1.82) is 0 Å². The number of carbonyl (C=O) groups excluding carboxylic acids is 1. The fourth-order valence-corrected chi connectivity index (χ4v) is 2.49. The summed E-state index contributed by atoms with van der Waals surface area (Å²) in [7, 11) is 0. The van der Waals surface area contributed by atoms with Crippen molar-refractivity contribution >= 4 is 6.29 Å². The fourth-order valence-electron chi connectivity index (χ4n) is 2.49. The Kier molecular flexibility index (Phi) is 2.93. The van der Waals surface area contributed by atoms with Gasteiger partial charge in [0.1, 0.15) is 0 Å². The van der Waals surface area contributed by atoms with Crippen molar-refractivity contribution in [2.45, 2.75) is 25.2 Å². The van der Waals surface area contributed by atoms with Gasteiger partial charge in [0.15, 0.2) is 6.29 Å². The maximum atomic E-state index is 13.0. The number of rotatable bonds is 3. The van der Waals surface area contributed by atoms with E-state index in [2.05, 4.69) is 0 Å². The summed E-state index contributed by atoms with van der Waals surface area (Å²) >= 11 is 0. The molecule has 1 fully saturated rings. The van der Waals surface area contributed by atoms with Crippen LogP contribution in [0.3, 0.4) is 0 Å². The minimum Gasteiger partial charge on any atom is -0.298 e. The maximum absolute atomic E-state index is 13.0. The number of aldehydes is 1. The second-order valence-electron chi connectivity index (χ2n) is 5.35. The smallest absolute Gasteiger partial charge is 0.255 e. The fraction of sp³-hybridized carbons (Fsp3) is 0.235. The Morgan fingerprint density at radius 2 is 1.80 bits per heavy atom. The van der Waals surface area contributed by atoms with Crippen LogP contribution < -0.4 is 0 Å². The highest BCUT2D eigenvalue weighted by Crippen LogP contribution is 2.55. The molecule has 0 saturated heterocycles. The lowest BCUT2D eigenvalue weighted by Crippen LogP contribution is -1.93. The normalized spacial score (nSPS) is 19.6. The number of hydrogen-bond acceptors (Lipinski definition) is 1. The van der Waals surface area contributed by atoms with Crippen molar-refractivity contribution in [3.05, 3.63) is 59.2 Å². The molecule has 0 amide bonds. The highest BCUT2D eigenvalue weighted by molar-refractivity contribution is 5.87. The zero-order chi connectivity index (χ0) is 14.3. The Morgan fingerprint density at radius 3 is 2.35 bits per heavy atom. The zero-order valence-electron chi connectivity index (χ0n) is 11.1. The maximum Gasteiger partial charge on any atom is 0.255 e. The molecule has 2 aromatic rings. The Labute approximate surface area is 116 Å². The molecule has 3 rings (SSSR count). The molecule has 0 radical (unpaired) electrons. The Bertz CT molecular complexity index is 659. The molecule has 0 spiro atoms. The molecule has 0 heterocycles. The van der Waals surface area contributed by atoms with Crippen LogP contribution >= 0.6 is 0 Å². The van der Waals surface area contributed by atoms with E-state index in [0.29, 0.717) is 11.1 Å². The van der Waals surface area contributed by atoms with Gasteiger partial charge in [-0.2, -0.15) is 0 Å². The average molecular weight is 272 g/mol. The third-order valence-corrected chi connectivity index (χ3v) is 3.79. The molecule has 0 bridgehead atoms. The predicted octanol–water partition coefficient (Wildman–Crippen LogP) is 4.60. The first kappa shape index (κ1) is 13.0. The highest BCUT2D eigenvalue weighted by Gasteiger charge is 2.57. The van der Waals surface area contributed by atoms with Gasteiger partial charge in [-0.15, -0.1) is 0 Å². The molecule has 1 atom stereocenters. The molecular formula is C17H14F2O. The van der Waals surface area contributed by atoms with E-state index in [4.69, 9.17) is 0 Å². The largest absolute Gasteiger partial charge is 0.298 e. The van der Waals surface area contributed by atoms with Crippen molar-refractivity contribution in [1.82, 2.24) is 0 Å². The number of carbonyl (C=O) groups is 1. The van der Waals surface area contributed by atoms with Gasteiger partial charge in [-0.05, 0) is 23.6 Å². The minimum absolute atomic E-state index is 0.0591. The van der Waals surface area contributed by atoms with Gasteiger partial charge in [-0.25, -0.2) is 8.78 Å². The van der Waals surface area contributed by atoms with E-state index in [1.807, 2.05) is 31.2 Å². The summed E-state index contributed by atoms with van der Waals surface area (Å²) in [5.41, 5.74) is 4.06. The summed E-state index contributed by atoms with van der Waals surface area (Å²) in [6.07, 6.45) is 0.758. The van der Waals surface area contributed by atoms with Crippen LogP contribution in [0.25, 0.3) is 11.1 Å². The summed E-state index contributed by atoms with van der Waals surface area (Å²) in [5, 5.41) is 0. The van der Waals surface area contributed by atoms with E-state index in [0.717, 1.165) is 23.0 Å². The molecule has 102 valence electrons. The number of alkyl halides is 2. The van der Waals surface area contributed by atoms with Crippen LogP contribution in [-0.2, 0) is 0 Å². The minimum atomic E-state index is -2.54. The molecule has 1 saturated carbocycles.